The van der Waals surface area contributed by atoms with Gasteiger partial charge in [0.2, 0.25) is 10.0 Å². The van der Waals surface area contributed by atoms with E-state index in [-0.39, 0.29) is 21.4 Å². The van der Waals surface area contributed by atoms with Gasteiger partial charge in [-0.3, -0.25) is 0 Å². The maximum atomic E-state index is 11.9. The Kier molecular flexibility index (Phi) is 4.97. The number of sulfonamides is 1. The van der Waals surface area contributed by atoms with Crippen LogP contribution in [0.15, 0.2) is 28.0 Å². The molecule has 0 radical (unpaired) electrons. The van der Waals surface area contributed by atoms with Crippen LogP contribution in [0.4, 0.5) is 0 Å². The van der Waals surface area contributed by atoms with Crippen molar-refractivity contribution in [3.05, 3.63) is 23.2 Å². The highest BCUT2D eigenvalue weighted by molar-refractivity contribution is 7.91. The number of hydrogen-bond acceptors (Lipinski definition) is 5. The molecule has 9 heteroatoms. The van der Waals surface area contributed by atoms with Crippen molar-refractivity contribution in [3.63, 3.8) is 0 Å². The van der Waals surface area contributed by atoms with E-state index in [0.717, 1.165) is 12.3 Å². The first-order valence-electron chi connectivity index (χ1n) is 5.21. The largest absolute Gasteiger partial charge is 0.392 e. The molecule has 0 saturated heterocycles. The Morgan fingerprint density at radius 3 is 2.37 bits per heavy atom. The summed E-state index contributed by atoms with van der Waals surface area (Å²) in [6.45, 7) is 1.22. The molecule has 0 amide bonds. The van der Waals surface area contributed by atoms with Crippen molar-refractivity contribution in [2.24, 2.45) is 0 Å². The summed E-state index contributed by atoms with van der Waals surface area (Å²) in [5, 5.41) is 8.97. The second-order valence-corrected chi connectivity index (χ2v) is 8.22. The van der Waals surface area contributed by atoms with Crippen molar-refractivity contribution in [1.82, 2.24) is 4.72 Å². The van der Waals surface area contributed by atoms with Gasteiger partial charge in [0.1, 0.15) is 4.90 Å². The minimum atomic E-state index is -3.98. The molecule has 19 heavy (non-hydrogen) atoms. The van der Waals surface area contributed by atoms with Gasteiger partial charge in [-0.25, -0.2) is 21.6 Å². The second kappa shape index (κ2) is 5.76. The molecule has 0 aliphatic heterocycles. The van der Waals surface area contributed by atoms with Crippen molar-refractivity contribution >= 4 is 31.5 Å². The quantitative estimate of drug-likeness (QED) is 0.815. The highest BCUT2D eigenvalue weighted by Crippen LogP contribution is 2.24. The number of sulfone groups is 1. The topological polar surface area (TPSA) is 101 Å². The standard InChI is InChI=1S/C10H14ClNO5S2/c1-7(13)6-12-19(16,17)10-5-8(18(2,14)15)3-4-9(10)11/h3-5,7,12-13H,6H2,1-2H3/t7-/m1/s1. The monoisotopic (exact) mass is 327 g/mol. The van der Waals surface area contributed by atoms with Gasteiger partial charge in [-0.05, 0) is 25.1 Å². The summed E-state index contributed by atoms with van der Waals surface area (Å²) in [4.78, 5) is -0.480. The lowest BCUT2D eigenvalue weighted by molar-refractivity contribution is 0.198. The molecule has 1 aromatic rings. The molecule has 108 valence electrons. The van der Waals surface area contributed by atoms with E-state index in [0.29, 0.717) is 0 Å². The molecule has 1 rings (SSSR count). The molecule has 0 heterocycles. The Balaban J connectivity index is 3.27. The summed E-state index contributed by atoms with van der Waals surface area (Å²) < 4.78 is 48.8. The van der Waals surface area contributed by atoms with Crippen LogP contribution in [-0.2, 0) is 19.9 Å². The molecule has 0 aromatic heterocycles. The van der Waals surface area contributed by atoms with Crippen molar-refractivity contribution < 1.29 is 21.9 Å². The lowest BCUT2D eigenvalue weighted by atomic mass is 10.4. The molecule has 0 bridgehead atoms. The zero-order valence-corrected chi connectivity index (χ0v) is 12.7. The predicted molar refractivity (Wildman–Crippen MR) is 71.4 cm³/mol. The Labute approximate surface area is 117 Å². The van der Waals surface area contributed by atoms with Crippen LogP contribution >= 0.6 is 11.6 Å². The minimum absolute atomic E-state index is 0.0921. The minimum Gasteiger partial charge on any atom is -0.392 e. The van der Waals surface area contributed by atoms with Gasteiger partial charge in [-0.1, -0.05) is 11.6 Å². The molecular weight excluding hydrogens is 314 g/mol. The summed E-state index contributed by atoms with van der Waals surface area (Å²) in [6.07, 6.45) is 0.0993. The lowest BCUT2D eigenvalue weighted by Gasteiger charge is -2.10. The van der Waals surface area contributed by atoms with E-state index in [1.165, 1.54) is 19.1 Å². The third-order valence-corrected chi connectivity index (χ3v) is 5.20. The Morgan fingerprint density at radius 2 is 1.89 bits per heavy atom. The van der Waals surface area contributed by atoms with Gasteiger partial charge >= 0.3 is 0 Å². The number of aliphatic hydroxyl groups excluding tert-OH is 1. The molecule has 0 aliphatic rings. The van der Waals surface area contributed by atoms with E-state index in [2.05, 4.69) is 4.72 Å². The van der Waals surface area contributed by atoms with Crippen LogP contribution in [-0.4, -0.2) is 40.8 Å². The summed E-state index contributed by atoms with van der Waals surface area (Å²) >= 11 is 5.77. The SMILES string of the molecule is C[C@@H](O)CNS(=O)(=O)c1cc(S(C)(=O)=O)ccc1Cl. The molecule has 0 saturated carbocycles. The Bertz CT molecular complexity index is 667. The predicted octanol–water partition coefficient (Wildman–Crippen LogP) is 0.403. The van der Waals surface area contributed by atoms with Crippen molar-refractivity contribution in [3.8, 4) is 0 Å². The van der Waals surface area contributed by atoms with Crippen LogP contribution in [0.25, 0.3) is 0 Å². The van der Waals surface area contributed by atoms with Gasteiger partial charge in [0.05, 0.1) is 16.0 Å². The molecule has 2 N–H and O–H groups in total. The highest BCUT2D eigenvalue weighted by atomic mass is 35.5. The van der Waals surface area contributed by atoms with E-state index in [1.54, 1.807) is 0 Å². The van der Waals surface area contributed by atoms with Gasteiger partial charge < -0.3 is 5.11 Å². The van der Waals surface area contributed by atoms with Gasteiger partial charge in [-0.15, -0.1) is 0 Å². The van der Waals surface area contributed by atoms with Crippen molar-refractivity contribution in [2.45, 2.75) is 22.8 Å². The number of hydrogen-bond donors (Lipinski definition) is 2. The van der Waals surface area contributed by atoms with Crippen LogP contribution in [0.3, 0.4) is 0 Å². The van der Waals surface area contributed by atoms with Crippen LogP contribution < -0.4 is 4.72 Å². The van der Waals surface area contributed by atoms with E-state index in [1.807, 2.05) is 0 Å². The molecule has 0 aliphatic carbocycles. The number of halogens is 1. The smallest absolute Gasteiger partial charge is 0.242 e. The van der Waals surface area contributed by atoms with E-state index < -0.39 is 26.0 Å². The van der Waals surface area contributed by atoms with Crippen LogP contribution in [0.2, 0.25) is 5.02 Å². The molecule has 0 fully saturated rings. The van der Waals surface area contributed by atoms with Crippen molar-refractivity contribution in [2.75, 3.05) is 12.8 Å². The van der Waals surface area contributed by atoms with Gasteiger partial charge in [-0.2, -0.15) is 0 Å². The van der Waals surface area contributed by atoms with Gasteiger partial charge in [0.25, 0.3) is 0 Å². The first kappa shape index (κ1) is 16.4. The molecule has 0 spiro atoms. The first-order chi connectivity index (χ1) is 8.54. The summed E-state index contributed by atoms with van der Waals surface area (Å²) in [5.41, 5.74) is 0. The zero-order chi connectivity index (χ0) is 14.8. The fourth-order valence-corrected chi connectivity index (χ4v) is 3.60. The molecule has 1 atom stereocenters. The fourth-order valence-electron chi connectivity index (χ4n) is 1.23. The second-order valence-electron chi connectivity index (χ2n) is 4.07. The van der Waals surface area contributed by atoms with E-state index >= 15 is 0 Å². The van der Waals surface area contributed by atoms with Crippen LogP contribution in [0.5, 0.6) is 0 Å². The number of nitrogens with one attached hydrogen (secondary N) is 1. The highest BCUT2D eigenvalue weighted by Gasteiger charge is 2.21. The summed E-state index contributed by atoms with van der Waals surface area (Å²) in [7, 11) is -7.51. The first-order valence-corrected chi connectivity index (χ1v) is 8.96. The maximum Gasteiger partial charge on any atom is 0.242 e. The number of rotatable bonds is 5. The normalized spacial score (nSPS) is 14.3. The van der Waals surface area contributed by atoms with E-state index in [9.17, 15) is 16.8 Å². The average molecular weight is 328 g/mol. The van der Waals surface area contributed by atoms with E-state index in [4.69, 9.17) is 16.7 Å². The van der Waals surface area contributed by atoms with Crippen molar-refractivity contribution in [1.29, 1.82) is 0 Å². The van der Waals surface area contributed by atoms with Gasteiger partial charge in [0.15, 0.2) is 9.84 Å². The lowest BCUT2D eigenvalue weighted by Crippen LogP contribution is -2.30. The van der Waals surface area contributed by atoms with Gasteiger partial charge in [0, 0.05) is 12.8 Å². The summed E-state index contributed by atoms with van der Waals surface area (Å²) in [6, 6.07) is 3.42. The number of benzene rings is 1. The Morgan fingerprint density at radius 1 is 1.32 bits per heavy atom. The average Bonchev–Trinajstić information content (AvgIpc) is 2.25. The third-order valence-electron chi connectivity index (χ3n) is 2.19. The maximum absolute atomic E-state index is 11.9. The number of aliphatic hydroxyl groups is 1. The Hall–Kier alpha value is -0.670. The molecule has 1 aromatic carbocycles. The zero-order valence-electron chi connectivity index (χ0n) is 10.3. The molecular formula is C10H14ClNO5S2. The fraction of sp³-hybridized carbons (Fsp3) is 0.400. The molecule has 6 nitrogen and oxygen atoms in total. The molecule has 0 unspecified atom stereocenters. The van der Waals surface area contributed by atoms with Crippen LogP contribution in [0.1, 0.15) is 6.92 Å². The summed E-state index contributed by atoms with van der Waals surface area (Å²) in [5.74, 6) is 0. The third kappa shape index (κ3) is 4.43. The van der Waals surface area contributed by atoms with Crippen LogP contribution in [0, 0.1) is 0 Å².